The third kappa shape index (κ3) is 6.84. The zero-order valence-corrected chi connectivity index (χ0v) is 16.0. The number of nitrogens with one attached hydrogen (secondary N) is 1. The van der Waals surface area contributed by atoms with E-state index in [2.05, 4.69) is 15.0 Å². The first-order chi connectivity index (χ1) is 11.9. The molecule has 26 heavy (non-hydrogen) atoms. The van der Waals surface area contributed by atoms with Gasteiger partial charge in [0.1, 0.15) is 12.2 Å². The van der Waals surface area contributed by atoms with E-state index in [4.69, 9.17) is 4.74 Å². The van der Waals surface area contributed by atoms with Crippen molar-refractivity contribution in [2.24, 2.45) is 0 Å². The molecular formula is C16H29ClF3N3O3. The van der Waals surface area contributed by atoms with Gasteiger partial charge in [-0.2, -0.15) is 13.2 Å². The number of piperazine rings is 1. The maximum Gasteiger partial charge on any atom is 0.411 e. The average molecular weight is 404 g/mol. The smallest absolute Gasteiger partial charge is 0.372 e. The quantitative estimate of drug-likeness (QED) is 0.649. The van der Waals surface area contributed by atoms with Crippen molar-refractivity contribution in [3.8, 4) is 0 Å². The van der Waals surface area contributed by atoms with Gasteiger partial charge in [-0.1, -0.05) is 0 Å². The fourth-order valence-electron chi connectivity index (χ4n) is 3.38. The van der Waals surface area contributed by atoms with Crippen molar-refractivity contribution in [2.45, 2.75) is 31.0 Å². The summed E-state index contributed by atoms with van der Waals surface area (Å²) >= 11 is 0. The van der Waals surface area contributed by atoms with Gasteiger partial charge in [0.25, 0.3) is 5.91 Å². The normalized spacial score (nSPS) is 21.3. The average Bonchev–Trinajstić information content (AvgIpc) is 2.61. The summed E-state index contributed by atoms with van der Waals surface area (Å²) in [6.45, 7) is 3.84. The summed E-state index contributed by atoms with van der Waals surface area (Å²) in [5.41, 5.74) is -0.709. The molecule has 2 rings (SSSR count). The zero-order valence-electron chi connectivity index (χ0n) is 15.1. The molecule has 0 saturated carbocycles. The second kappa shape index (κ2) is 10.7. The molecule has 2 aliphatic heterocycles. The molecule has 6 nitrogen and oxygen atoms in total. The predicted octanol–water partition coefficient (Wildman–Crippen LogP) is 1.29. The molecule has 0 bridgehead atoms. The summed E-state index contributed by atoms with van der Waals surface area (Å²) in [6.07, 6.45) is -2.35. The third-order valence-electron chi connectivity index (χ3n) is 4.88. The van der Waals surface area contributed by atoms with Crippen LogP contribution in [0.1, 0.15) is 19.3 Å². The van der Waals surface area contributed by atoms with E-state index >= 15 is 0 Å². The Kier molecular flexibility index (Phi) is 9.60. The van der Waals surface area contributed by atoms with Gasteiger partial charge in [-0.15, -0.1) is 12.4 Å². The summed E-state index contributed by atoms with van der Waals surface area (Å²) in [6, 6.07) is 0. The summed E-state index contributed by atoms with van der Waals surface area (Å²) in [4.78, 5) is 16.8. The molecule has 1 N–H and O–H groups in total. The number of amides is 1. The minimum absolute atomic E-state index is 0. The van der Waals surface area contributed by atoms with Crippen LogP contribution in [0.25, 0.3) is 0 Å². The number of piperidine rings is 1. The highest BCUT2D eigenvalue weighted by molar-refractivity contribution is 5.86. The van der Waals surface area contributed by atoms with Gasteiger partial charge < -0.3 is 19.7 Å². The molecule has 1 amide bonds. The number of carbonyl (C=O) groups excluding carboxylic acids is 1. The Bertz CT molecular complexity index is 427. The molecule has 2 fully saturated rings. The van der Waals surface area contributed by atoms with Crippen molar-refractivity contribution in [2.75, 3.05) is 66.1 Å². The SMILES string of the molecule is COC1(C(=O)N2CCN(CCCOCC(F)(F)F)CC2)CCNCC1.Cl. The topological polar surface area (TPSA) is 54.0 Å². The fourth-order valence-corrected chi connectivity index (χ4v) is 3.38. The molecule has 2 heterocycles. The summed E-state index contributed by atoms with van der Waals surface area (Å²) < 4.78 is 46.2. The van der Waals surface area contributed by atoms with E-state index in [0.717, 1.165) is 26.2 Å². The Morgan fingerprint density at radius 1 is 1.15 bits per heavy atom. The monoisotopic (exact) mass is 403 g/mol. The van der Waals surface area contributed by atoms with Crippen molar-refractivity contribution >= 4 is 18.3 Å². The fraction of sp³-hybridized carbons (Fsp3) is 0.938. The number of nitrogens with zero attached hydrogens (tertiary/aromatic N) is 2. The number of methoxy groups -OCH3 is 1. The Morgan fingerprint density at radius 2 is 1.77 bits per heavy atom. The molecule has 0 radical (unpaired) electrons. The molecule has 10 heteroatoms. The van der Waals surface area contributed by atoms with Gasteiger partial charge in [0.2, 0.25) is 0 Å². The Hall–Kier alpha value is -0.610. The molecule has 0 aromatic heterocycles. The van der Waals surface area contributed by atoms with Gasteiger partial charge in [-0.05, 0) is 32.4 Å². The van der Waals surface area contributed by atoms with Crippen molar-refractivity contribution < 1.29 is 27.4 Å². The minimum Gasteiger partial charge on any atom is -0.372 e. The lowest BCUT2D eigenvalue weighted by atomic mass is 9.90. The first-order valence-electron chi connectivity index (χ1n) is 8.78. The molecule has 0 aromatic rings. The summed E-state index contributed by atoms with van der Waals surface area (Å²) in [5.74, 6) is 0.0599. The van der Waals surface area contributed by atoms with Crippen LogP contribution in [0.4, 0.5) is 13.2 Å². The number of carbonyl (C=O) groups is 1. The largest absolute Gasteiger partial charge is 0.411 e. The van der Waals surface area contributed by atoms with Crippen LogP contribution >= 0.6 is 12.4 Å². The molecule has 0 atom stereocenters. The van der Waals surface area contributed by atoms with Crippen molar-refractivity contribution in [3.63, 3.8) is 0 Å². The van der Waals surface area contributed by atoms with E-state index in [0.29, 0.717) is 38.9 Å². The molecular weight excluding hydrogens is 375 g/mol. The number of alkyl halides is 3. The van der Waals surface area contributed by atoms with Crippen molar-refractivity contribution in [1.82, 2.24) is 15.1 Å². The Morgan fingerprint density at radius 3 is 2.31 bits per heavy atom. The second-order valence-electron chi connectivity index (χ2n) is 6.60. The van der Waals surface area contributed by atoms with Crippen LogP contribution in [-0.4, -0.2) is 93.6 Å². The van der Waals surface area contributed by atoms with Crippen LogP contribution in [0, 0.1) is 0 Å². The zero-order chi connectivity index (χ0) is 18.3. The third-order valence-corrected chi connectivity index (χ3v) is 4.88. The molecule has 0 aromatic carbocycles. The first-order valence-corrected chi connectivity index (χ1v) is 8.78. The van der Waals surface area contributed by atoms with Crippen molar-refractivity contribution in [1.29, 1.82) is 0 Å². The molecule has 2 saturated heterocycles. The van der Waals surface area contributed by atoms with E-state index in [9.17, 15) is 18.0 Å². The van der Waals surface area contributed by atoms with E-state index in [-0.39, 0.29) is 24.9 Å². The highest BCUT2D eigenvalue weighted by Crippen LogP contribution is 2.25. The first kappa shape index (κ1) is 23.4. The van der Waals surface area contributed by atoms with E-state index in [1.807, 2.05) is 4.90 Å². The Balaban J connectivity index is 0.00000338. The van der Waals surface area contributed by atoms with Gasteiger partial charge in [0, 0.05) is 46.4 Å². The molecule has 0 aliphatic carbocycles. The van der Waals surface area contributed by atoms with Gasteiger partial charge in [0.05, 0.1) is 0 Å². The summed E-state index contributed by atoms with van der Waals surface area (Å²) in [7, 11) is 1.60. The van der Waals surface area contributed by atoms with E-state index in [1.165, 1.54) is 0 Å². The van der Waals surface area contributed by atoms with Gasteiger partial charge in [-0.25, -0.2) is 0 Å². The van der Waals surface area contributed by atoms with Crippen LogP contribution in [0.2, 0.25) is 0 Å². The van der Waals surface area contributed by atoms with Crippen LogP contribution in [0.5, 0.6) is 0 Å². The van der Waals surface area contributed by atoms with Crippen LogP contribution in [0.15, 0.2) is 0 Å². The number of halogens is 4. The minimum atomic E-state index is -4.27. The molecule has 2 aliphatic rings. The van der Waals surface area contributed by atoms with Gasteiger partial charge >= 0.3 is 6.18 Å². The maximum absolute atomic E-state index is 12.8. The molecule has 154 valence electrons. The van der Waals surface area contributed by atoms with Crippen LogP contribution in [-0.2, 0) is 14.3 Å². The number of ether oxygens (including phenoxy) is 2. The van der Waals surface area contributed by atoms with Gasteiger partial charge in [0.15, 0.2) is 0 Å². The molecule has 0 spiro atoms. The van der Waals surface area contributed by atoms with Crippen molar-refractivity contribution in [3.05, 3.63) is 0 Å². The lowest BCUT2D eigenvalue weighted by Gasteiger charge is -2.42. The lowest BCUT2D eigenvalue weighted by molar-refractivity contribution is -0.174. The lowest BCUT2D eigenvalue weighted by Crippen LogP contribution is -2.59. The standard InChI is InChI=1S/C16H28F3N3O3.ClH/c1-24-15(3-5-20-6-4-15)14(23)22-10-8-21(9-11-22)7-2-12-25-13-16(17,18)19;/h20H,2-13H2,1H3;1H. The van der Waals surface area contributed by atoms with Crippen LogP contribution < -0.4 is 5.32 Å². The van der Waals surface area contributed by atoms with E-state index < -0.39 is 18.4 Å². The summed E-state index contributed by atoms with van der Waals surface area (Å²) in [5, 5.41) is 3.24. The van der Waals surface area contributed by atoms with E-state index in [1.54, 1.807) is 7.11 Å². The highest BCUT2D eigenvalue weighted by atomic mass is 35.5. The predicted molar refractivity (Wildman–Crippen MR) is 93.6 cm³/mol. The highest BCUT2D eigenvalue weighted by Gasteiger charge is 2.42. The van der Waals surface area contributed by atoms with Gasteiger partial charge in [-0.3, -0.25) is 9.69 Å². The number of hydrogen-bond donors (Lipinski definition) is 1. The second-order valence-corrected chi connectivity index (χ2v) is 6.60. The number of hydrogen-bond acceptors (Lipinski definition) is 5. The molecule has 0 unspecified atom stereocenters. The van der Waals surface area contributed by atoms with Crippen LogP contribution in [0.3, 0.4) is 0 Å². The number of rotatable bonds is 7. The Labute approximate surface area is 158 Å². The maximum atomic E-state index is 12.8.